The van der Waals surface area contributed by atoms with Gasteiger partial charge in [-0.3, -0.25) is 0 Å². The Morgan fingerprint density at radius 2 is 1.70 bits per heavy atom. The summed E-state index contributed by atoms with van der Waals surface area (Å²) in [6.45, 7) is 0.576. The normalized spacial score (nSPS) is 10.6. The molecule has 0 unspecified atom stereocenters. The van der Waals surface area contributed by atoms with E-state index in [1.165, 1.54) is 0 Å². The minimum Gasteiger partial charge on any atom is -0.420 e. The first-order chi connectivity index (χ1) is 11.3. The van der Waals surface area contributed by atoms with Crippen LogP contribution in [-0.2, 0) is 6.54 Å². The zero-order chi connectivity index (χ0) is 15.9. The quantitative estimate of drug-likeness (QED) is 0.762. The molecule has 0 spiro atoms. The summed E-state index contributed by atoms with van der Waals surface area (Å²) in [6.07, 6.45) is 3.65. The lowest BCUT2D eigenvalue weighted by atomic mass is 10.2. The molecule has 1 heterocycles. The molecular formula is C19H15N3O. The highest BCUT2D eigenvalue weighted by Gasteiger charge is 2.10. The standard InChI is InChI=1S/C19H15N3O/c20-13-17-19(21-14-16-9-5-2-6-10-16)23-18(22-17)12-11-15-7-3-1-4-8-15/h1-12,21H,14H2. The van der Waals surface area contributed by atoms with Gasteiger partial charge in [0.25, 0.3) is 0 Å². The molecule has 0 aliphatic carbocycles. The zero-order valence-electron chi connectivity index (χ0n) is 12.4. The van der Waals surface area contributed by atoms with E-state index in [1.807, 2.05) is 72.8 Å². The fourth-order valence-corrected chi connectivity index (χ4v) is 2.11. The third-order valence-electron chi connectivity index (χ3n) is 3.26. The molecule has 0 bridgehead atoms. The van der Waals surface area contributed by atoms with Gasteiger partial charge in [-0.15, -0.1) is 0 Å². The maximum absolute atomic E-state index is 9.18. The Labute approximate surface area is 134 Å². The number of hydrogen-bond donors (Lipinski definition) is 1. The van der Waals surface area contributed by atoms with Gasteiger partial charge >= 0.3 is 0 Å². The van der Waals surface area contributed by atoms with E-state index in [1.54, 1.807) is 6.08 Å². The minimum absolute atomic E-state index is 0.258. The Kier molecular flexibility index (Phi) is 4.51. The largest absolute Gasteiger partial charge is 0.420 e. The lowest BCUT2D eigenvalue weighted by Gasteiger charge is -2.02. The molecule has 2 aromatic carbocycles. The van der Waals surface area contributed by atoms with Crippen molar-refractivity contribution >= 4 is 18.0 Å². The van der Waals surface area contributed by atoms with Gasteiger partial charge in [-0.2, -0.15) is 10.2 Å². The second kappa shape index (κ2) is 7.10. The lowest BCUT2D eigenvalue weighted by molar-refractivity contribution is 0.557. The van der Waals surface area contributed by atoms with Crippen LogP contribution in [0.2, 0.25) is 0 Å². The van der Waals surface area contributed by atoms with Crippen molar-refractivity contribution < 1.29 is 4.42 Å². The van der Waals surface area contributed by atoms with Crippen molar-refractivity contribution in [3.63, 3.8) is 0 Å². The Bertz CT molecular complexity index is 830. The average Bonchev–Trinajstić information content (AvgIpc) is 3.02. The van der Waals surface area contributed by atoms with Crippen molar-refractivity contribution in [1.82, 2.24) is 4.98 Å². The molecule has 4 heteroatoms. The summed E-state index contributed by atoms with van der Waals surface area (Å²) in [6, 6.07) is 21.8. The molecule has 0 amide bonds. The van der Waals surface area contributed by atoms with Gasteiger partial charge in [0.05, 0.1) is 0 Å². The van der Waals surface area contributed by atoms with Crippen molar-refractivity contribution in [2.24, 2.45) is 0 Å². The fraction of sp³-hybridized carbons (Fsp3) is 0.0526. The first-order valence-electron chi connectivity index (χ1n) is 7.27. The number of hydrogen-bond acceptors (Lipinski definition) is 4. The monoisotopic (exact) mass is 301 g/mol. The molecule has 3 rings (SSSR count). The van der Waals surface area contributed by atoms with E-state index in [2.05, 4.69) is 10.3 Å². The summed E-state index contributed by atoms with van der Waals surface area (Å²) in [4.78, 5) is 4.18. The van der Waals surface area contributed by atoms with Crippen LogP contribution in [0.1, 0.15) is 22.7 Å². The van der Waals surface area contributed by atoms with Crippen molar-refractivity contribution in [2.45, 2.75) is 6.54 Å². The summed E-state index contributed by atoms with van der Waals surface area (Å²) in [5.74, 6) is 0.796. The van der Waals surface area contributed by atoms with Crippen LogP contribution in [0.25, 0.3) is 12.2 Å². The molecule has 4 nitrogen and oxygen atoms in total. The third-order valence-corrected chi connectivity index (χ3v) is 3.26. The molecule has 0 fully saturated rings. The molecule has 0 aliphatic rings. The maximum Gasteiger partial charge on any atom is 0.232 e. The Hall–Kier alpha value is -3.32. The van der Waals surface area contributed by atoms with Crippen LogP contribution >= 0.6 is 0 Å². The van der Waals surface area contributed by atoms with Gasteiger partial charge in [0.15, 0.2) is 0 Å². The van der Waals surface area contributed by atoms with Crippen LogP contribution in [0.3, 0.4) is 0 Å². The van der Waals surface area contributed by atoms with Gasteiger partial charge in [-0.25, -0.2) is 0 Å². The smallest absolute Gasteiger partial charge is 0.232 e. The number of benzene rings is 2. The highest BCUT2D eigenvalue weighted by Crippen LogP contribution is 2.19. The van der Waals surface area contributed by atoms with Gasteiger partial charge < -0.3 is 9.73 Å². The number of rotatable bonds is 5. The summed E-state index contributed by atoms with van der Waals surface area (Å²) in [5.41, 5.74) is 2.41. The molecule has 0 saturated heterocycles. The summed E-state index contributed by atoms with van der Waals surface area (Å²) in [5, 5.41) is 12.3. The molecule has 1 N–H and O–H groups in total. The highest BCUT2D eigenvalue weighted by molar-refractivity contribution is 5.67. The molecule has 0 radical (unpaired) electrons. The van der Waals surface area contributed by atoms with Crippen LogP contribution in [0, 0.1) is 11.3 Å². The van der Waals surface area contributed by atoms with E-state index >= 15 is 0 Å². The van der Waals surface area contributed by atoms with Crippen molar-refractivity contribution in [1.29, 1.82) is 5.26 Å². The number of nitrogens with zero attached hydrogens (tertiary/aromatic N) is 2. The molecular weight excluding hydrogens is 286 g/mol. The van der Waals surface area contributed by atoms with Crippen molar-refractivity contribution in [3.8, 4) is 6.07 Å². The lowest BCUT2D eigenvalue weighted by Crippen LogP contribution is -1.99. The van der Waals surface area contributed by atoms with Gasteiger partial charge in [-0.05, 0) is 17.2 Å². The SMILES string of the molecule is N#Cc1nc(C=Cc2ccccc2)oc1NCc1ccccc1. The topological polar surface area (TPSA) is 61.9 Å². The second-order valence-corrected chi connectivity index (χ2v) is 4.92. The Balaban J connectivity index is 1.73. The third kappa shape index (κ3) is 3.86. The van der Waals surface area contributed by atoms with Gasteiger partial charge in [0, 0.05) is 12.6 Å². The molecule has 0 atom stereocenters. The first-order valence-corrected chi connectivity index (χ1v) is 7.27. The van der Waals surface area contributed by atoms with E-state index in [4.69, 9.17) is 4.42 Å². The molecule has 0 saturated carbocycles. The van der Waals surface area contributed by atoms with Gasteiger partial charge in [0.2, 0.25) is 17.5 Å². The number of aromatic nitrogens is 1. The van der Waals surface area contributed by atoms with Crippen LogP contribution in [-0.4, -0.2) is 4.98 Å². The van der Waals surface area contributed by atoms with E-state index < -0.39 is 0 Å². The number of nitrogens with one attached hydrogen (secondary N) is 1. The molecule has 23 heavy (non-hydrogen) atoms. The van der Waals surface area contributed by atoms with Crippen molar-refractivity contribution in [3.05, 3.63) is 83.4 Å². The van der Waals surface area contributed by atoms with E-state index in [-0.39, 0.29) is 5.69 Å². The molecule has 112 valence electrons. The molecule has 3 aromatic rings. The number of anilines is 1. The van der Waals surface area contributed by atoms with E-state index in [9.17, 15) is 5.26 Å². The fourth-order valence-electron chi connectivity index (χ4n) is 2.11. The maximum atomic E-state index is 9.18. The predicted octanol–water partition coefficient (Wildman–Crippen LogP) is 4.33. The Morgan fingerprint density at radius 3 is 2.39 bits per heavy atom. The van der Waals surface area contributed by atoms with Crippen LogP contribution in [0.5, 0.6) is 0 Å². The van der Waals surface area contributed by atoms with Crippen LogP contribution < -0.4 is 5.32 Å². The number of nitriles is 1. The van der Waals surface area contributed by atoms with Gasteiger partial charge in [-0.1, -0.05) is 60.7 Å². The summed E-state index contributed by atoms with van der Waals surface area (Å²) in [7, 11) is 0. The first kappa shape index (κ1) is 14.6. The van der Waals surface area contributed by atoms with Crippen LogP contribution in [0.15, 0.2) is 65.1 Å². The summed E-state index contributed by atoms with van der Waals surface area (Å²) < 4.78 is 5.62. The molecule has 1 aromatic heterocycles. The second-order valence-electron chi connectivity index (χ2n) is 4.92. The van der Waals surface area contributed by atoms with Crippen molar-refractivity contribution in [2.75, 3.05) is 5.32 Å². The number of oxazole rings is 1. The van der Waals surface area contributed by atoms with Crippen LogP contribution in [0.4, 0.5) is 5.88 Å². The average molecular weight is 301 g/mol. The Morgan fingerprint density at radius 1 is 1.00 bits per heavy atom. The van der Waals surface area contributed by atoms with Gasteiger partial charge in [0.1, 0.15) is 6.07 Å². The highest BCUT2D eigenvalue weighted by atomic mass is 16.4. The van der Waals surface area contributed by atoms with E-state index in [0.29, 0.717) is 18.3 Å². The zero-order valence-corrected chi connectivity index (χ0v) is 12.4. The predicted molar refractivity (Wildman–Crippen MR) is 90.4 cm³/mol. The molecule has 0 aliphatic heterocycles. The summed E-state index contributed by atoms with van der Waals surface area (Å²) >= 11 is 0. The minimum atomic E-state index is 0.258. The van der Waals surface area contributed by atoms with E-state index in [0.717, 1.165) is 11.1 Å².